The molecule has 0 bridgehead atoms. The Balaban J connectivity index is 3.01. The van der Waals surface area contributed by atoms with E-state index in [4.69, 9.17) is 5.73 Å². The molecular formula is C15H22F3NS. The van der Waals surface area contributed by atoms with Gasteiger partial charge in [-0.15, -0.1) is 0 Å². The highest BCUT2D eigenvalue weighted by molar-refractivity contribution is 8.00. The Morgan fingerprint density at radius 2 is 1.75 bits per heavy atom. The van der Waals surface area contributed by atoms with Crippen molar-refractivity contribution in [1.82, 2.24) is 0 Å². The van der Waals surface area contributed by atoms with Crippen molar-refractivity contribution in [2.75, 3.05) is 6.54 Å². The van der Waals surface area contributed by atoms with E-state index < -0.39 is 5.51 Å². The second-order valence-corrected chi connectivity index (χ2v) is 7.00. The van der Waals surface area contributed by atoms with Crippen LogP contribution >= 0.6 is 11.8 Å². The number of hydrogen-bond acceptors (Lipinski definition) is 2. The van der Waals surface area contributed by atoms with Gasteiger partial charge in [0.1, 0.15) is 0 Å². The van der Waals surface area contributed by atoms with E-state index >= 15 is 0 Å². The van der Waals surface area contributed by atoms with Crippen molar-refractivity contribution in [1.29, 1.82) is 0 Å². The van der Waals surface area contributed by atoms with Crippen LogP contribution < -0.4 is 5.73 Å². The standard InChI is InChI=1S/C15H22F3NS/c1-14(2,3)13-10-12(20-15(16,17)18)8-7-11(13)6-4-5-9-19/h7-8,10H,4-6,9,19H2,1-3H3. The molecule has 0 saturated carbocycles. The zero-order valence-corrected chi connectivity index (χ0v) is 13.0. The van der Waals surface area contributed by atoms with Crippen molar-refractivity contribution < 1.29 is 13.2 Å². The Bertz CT molecular complexity index is 436. The fraction of sp³-hybridized carbons (Fsp3) is 0.600. The van der Waals surface area contributed by atoms with E-state index in [0.717, 1.165) is 30.4 Å². The molecule has 0 aliphatic carbocycles. The monoisotopic (exact) mass is 305 g/mol. The molecule has 5 heteroatoms. The van der Waals surface area contributed by atoms with Crippen LogP contribution in [0.5, 0.6) is 0 Å². The summed E-state index contributed by atoms with van der Waals surface area (Å²) in [6.45, 7) is 6.72. The second-order valence-electron chi connectivity index (χ2n) is 5.86. The number of alkyl halides is 3. The largest absolute Gasteiger partial charge is 0.446 e. The molecule has 1 aromatic rings. The topological polar surface area (TPSA) is 26.0 Å². The molecule has 0 spiro atoms. The minimum absolute atomic E-state index is 0.0519. The molecule has 1 aromatic carbocycles. The van der Waals surface area contributed by atoms with Crippen LogP contribution in [0.15, 0.2) is 23.1 Å². The molecule has 0 heterocycles. The van der Waals surface area contributed by atoms with Gasteiger partial charge in [-0.05, 0) is 66.2 Å². The van der Waals surface area contributed by atoms with Gasteiger partial charge in [0, 0.05) is 4.90 Å². The first-order valence-electron chi connectivity index (χ1n) is 6.73. The van der Waals surface area contributed by atoms with Crippen molar-refractivity contribution >= 4 is 11.8 Å². The molecule has 0 atom stereocenters. The van der Waals surface area contributed by atoms with Crippen LogP contribution in [0, 0.1) is 0 Å². The molecule has 0 aliphatic rings. The van der Waals surface area contributed by atoms with Crippen LogP contribution in [-0.2, 0) is 11.8 Å². The molecule has 0 aromatic heterocycles. The van der Waals surface area contributed by atoms with Gasteiger partial charge in [0.25, 0.3) is 0 Å². The summed E-state index contributed by atoms with van der Waals surface area (Å²) in [7, 11) is 0. The smallest absolute Gasteiger partial charge is 0.330 e. The summed E-state index contributed by atoms with van der Waals surface area (Å²) in [5.41, 5.74) is 3.19. The Kier molecular flexibility index (Phi) is 5.95. The maximum Gasteiger partial charge on any atom is 0.446 e. The molecule has 0 unspecified atom stereocenters. The van der Waals surface area contributed by atoms with Crippen molar-refractivity contribution in [3.8, 4) is 0 Å². The minimum Gasteiger partial charge on any atom is -0.330 e. The van der Waals surface area contributed by atoms with Crippen molar-refractivity contribution in [3.63, 3.8) is 0 Å². The normalized spacial score (nSPS) is 12.8. The number of halogens is 3. The van der Waals surface area contributed by atoms with Crippen molar-refractivity contribution in [3.05, 3.63) is 29.3 Å². The summed E-state index contributed by atoms with van der Waals surface area (Å²) in [6.07, 6.45) is 2.76. The lowest BCUT2D eigenvalue weighted by Crippen LogP contribution is -2.15. The number of benzene rings is 1. The number of nitrogens with two attached hydrogens (primary N) is 1. The van der Waals surface area contributed by atoms with E-state index in [0.29, 0.717) is 6.54 Å². The average Bonchev–Trinajstić information content (AvgIpc) is 2.27. The Labute approximate surface area is 123 Å². The van der Waals surface area contributed by atoms with Crippen LogP contribution in [0.1, 0.15) is 44.7 Å². The summed E-state index contributed by atoms with van der Waals surface area (Å²) in [5, 5.41) is 0. The number of rotatable bonds is 5. The highest BCUT2D eigenvalue weighted by Gasteiger charge is 2.30. The van der Waals surface area contributed by atoms with Gasteiger partial charge in [0.15, 0.2) is 0 Å². The van der Waals surface area contributed by atoms with Gasteiger partial charge < -0.3 is 5.73 Å². The first kappa shape index (κ1) is 17.4. The summed E-state index contributed by atoms with van der Waals surface area (Å²) < 4.78 is 37.4. The van der Waals surface area contributed by atoms with E-state index in [-0.39, 0.29) is 22.1 Å². The Morgan fingerprint density at radius 1 is 1.10 bits per heavy atom. The molecule has 0 saturated heterocycles. The first-order chi connectivity index (χ1) is 9.13. The fourth-order valence-electron chi connectivity index (χ4n) is 2.13. The fourth-order valence-corrected chi connectivity index (χ4v) is 2.71. The predicted molar refractivity (Wildman–Crippen MR) is 79.0 cm³/mol. The quantitative estimate of drug-likeness (QED) is 0.620. The molecule has 0 aliphatic heterocycles. The zero-order chi connectivity index (χ0) is 15.4. The molecule has 0 fully saturated rings. The van der Waals surface area contributed by atoms with Gasteiger partial charge in [0.2, 0.25) is 0 Å². The highest BCUT2D eigenvalue weighted by atomic mass is 32.2. The molecule has 1 nitrogen and oxygen atoms in total. The van der Waals surface area contributed by atoms with E-state index in [9.17, 15) is 13.2 Å². The molecule has 0 radical (unpaired) electrons. The maximum atomic E-state index is 12.5. The zero-order valence-electron chi connectivity index (χ0n) is 12.2. The molecule has 1 rings (SSSR count). The minimum atomic E-state index is -4.24. The summed E-state index contributed by atoms with van der Waals surface area (Å²) in [6, 6.07) is 5.06. The van der Waals surface area contributed by atoms with E-state index in [2.05, 4.69) is 0 Å². The Hall–Kier alpha value is -0.680. The maximum absolute atomic E-state index is 12.5. The Morgan fingerprint density at radius 3 is 2.25 bits per heavy atom. The summed E-state index contributed by atoms with van der Waals surface area (Å²) in [4.78, 5) is 0.255. The highest BCUT2D eigenvalue weighted by Crippen LogP contribution is 2.39. The summed E-state index contributed by atoms with van der Waals surface area (Å²) >= 11 is -0.0519. The lowest BCUT2D eigenvalue weighted by molar-refractivity contribution is -0.0328. The number of thioether (sulfide) groups is 1. The predicted octanol–water partition coefficient (Wildman–Crippen LogP) is 4.88. The first-order valence-corrected chi connectivity index (χ1v) is 7.54. The molecule has 0 amide bonds. The SMILES string of the molecule is CC(C)(C)c1cc(SC(F)(F)F)ccc1CCCCN. The van der Waals surface area contributed by atoms with Crippen LogP contribution in [-0.4, -0.2) is 12.1 Å². The van der Waals surface area contributed by atoms with Gasteiger partial charge in [0.05, 0.1) is 0 Å². The number of hydrogen-bond donors (Lipinski definition) is 1. The van der Waals surface area contributed by atoms with E-state index in [1.807, 2.05) is 26.8 Å². The van der Waals surface area contributed by atoms with Gasteiger partial charge in [-0.1, -0.05) is 26.8 Å². The molecule has 2 N–H and O–H groups in total. The van der Waals surface area contributed by atoms with Crippen molar-refractivity contribution in [2.45, 2.75) is 55.9 Å². The van der Waals surface area contributed by atoms with E-state index in [1.54, 1.807) is 12.1 Å². The third-order valence-corrected chi connectivity index (χ3v) is 3.74. The number of aryl methyl sites for hydroxylation is 1. The van der Waals surface area contributed by atoms with Crippen LogP contribution in [0.4, 0.5) is 13.2 Å². The van der Waals surface area contributed by atoms with Crippen molar-refractivity contribution in [2.24, 2.45) is 5.73 Å². The van der Waals surface area contributed by atoms with Gasteiger partial charge in [-0.2, -0.15) is 13.2 Å². The van der Waals surface area contributed by atoms with E-state index in [1.165, 1.54) is 0 Å². The average molecular weight is 305 g/mol. The van der Waals surface area contributed by atoms with Crippen LogP contribution in [0.2, 0.25) is 0 Å². The van der Waals surface area contributed by atoms with Gasteiger partial charge >= 0.3 is 5.51 Å². The number of unbranched alkanes of at least 4 members (excludes halogenated alkanes) is 1. The molecular weight excluding hydrogens is 283 g/mol. The third-order valence-electron chi connectivity index (χ3n) is 3.02. The third kappa shape index (κ3) is 5.75. The van der Waals surface area contributed by atoms with Crippen LogP contribution in [0.3, 0.4) is 0 Å². The lowest BCUT2D eigenvalue weighted by Gasteiger charge is -2.24. The second kappa shape index (κ2) is 6.85. The molecule has 20 heavy (non-hydrogen) atoms. The summed E-state index contributed by atoms with van der Waals surface area (Å²) in [5.74, 6) is 0. The van der Waals surface area contributed by atoms with Gasteiger partial charge in [-0.25, -0.2) is 0 Å². The molecule has 114 valence electrons. The lowest BCUT2D eigenvalue weighted by atomic mass is 9.82. The van der Waals surface area contributed by atoms with Crippen LogP contribution in [0.25, 0.3) is 0 Å². The van der Waals surface area contributed by atoms with Gasteiger partial charge in [-0.3, -0.25) is 0 Å².